The van der Waals surface area contributed by atoms with Crippen molar-refractivity contribution in [2.24, 2.45) is 11.3 Å². The minimum atomic E-state index is -2.04. The first kappa shape index (κ1) is 32.0. The van der Waals surface area contributed by atoms with Crippen molar-refractivity contribution in [1.82, 2.24) is 0 Å². The van der Waals surface area contributed by atoms with Crippen LogP contribution >= 0.6 is 46.4 Å². The van der Waals surface area contributed by atoms with E-state index in [4.69, 9.17) is 51.1 Å². The second-order valence-electron chi connectivity index (χ2n) is 10.8. The maximum Gasteiger partial charge on any atom is 0.327 e. The summed E-state index contributed by atoms with van der Waals surface area (Å²) >= 11 is 26.0. The molecular formula is C35H27Cl4NO4. The van der Waals surface area contributed by atoms with E-state index in [0.29, 0.717) is 31.8 Å². The summed E-state index contributed by atoms with van der Waals surface area (Å²) in [7, 11) is 0. The van der Waals surface area contributed by atoms with E-state index in [2.05, 4.69) is 6.07 Å². The zero-order valence-electron chi connectivity index (χ0n) is 23.5. The minimum absolute atomic E-state index is 0.0238. The number of benzene rings is 4. The van der Waals surface area contributed by atoms with Gasteiger partial charge < -0.3 is 9.84 Å². The second kappa shape index (κ2) is 12.9. The molecule has 224 valence electrons. The average molecular weight is 667 g/mol. The predicted octanol–water partition coefficient (Wildman–Crippen LogP) is 9.03. The largest absolute Gasteiger partial charge is 0.465 e. The molecule has 0 saturated heterocycles. The molecule has 0 bridgehead atoms. The molecule has 5 rings (SSSR count). The molecule has 5 nitrogen and oxygen atoms in total. The number of rotatable bonds is 7. The van der Waals surface area contributed by atoms with Gasteiger partial charge in [-0.05, 0) is 78.6 Å². The summed E-state index contributed by atoms with van der Waals surface area (Å²) < 4.78 is 5.62. The van der Waals surface area contributed by atoms with Gasteiger partial charge in [0.2, 0.25) is 0 Å². The molecule has 5 unspecified atom stereocenters. The van der Waals surface area contributed by atoms with Crippen LogP contribution in [0, 0.1) is 22.7 Å². The molecule has 0 amide bonds. The standard InChI is InChI=1S/C35H27Cl4NO4/c1-2-44-33(42)34(20-40)27(25-7-3-5-9-28(25)38)19-35(43,22-13-17-24(37)18-14-22)31(30(34)26-8-4-6-10-29(26)39)32(41)21-11-15-23(36)16-12-21/h3-18,27,30-31,43H,2,19H2,1H3. The van der Waals surface area contributed by atoms with Crippen molar-refractivity contribution in [3.8, 4) is 6.07 Å². The Bertz CT molecular complexity index is 1740. The first-order chi connectivity index (χ1) is 21.1. The monoisotopic (exact) mass is 665 g/mol. The van der Waals surface area contributed by atoms with Gasteiger partial charge in [0, 0.05) is 37.5 Å². The molecule has 1 aliphatic carbocycles. The Kier molecular flexibility index (Phi) is 9.41. The second-order valence-corrected chi connectivity index (χ2v) is 12.4. The van der Waals surface area contributed by atoms with Crippen molar-refractivity contribution < 1.29 is 19.4 Å². The third-order valence-electron chi connectivity index (χ3n) is 8.48. The molecule has 5 atom stereocenters. The molecule has 0 aliphatic heterocycles. The van der Waals surface area contributed by atoms with E-state index in [1.165, 1.54) is 0 Å². The Morgan fingerprint density at radius 1 is 0.841 bits per heavy atom. The van der Waals surface area contributed by atoms with Crippen LogP contribution in [0.25, 0.3) is 0 Å². The molecule has 4 aromatic rings. The quantitative estimate of drug-likeness (QED) is 0.157. The number of esters is 1. The number of carbonyl (C=O) groups excluding carboxylic acids is 2. The van der Waals surface area contributed by atoms with E-state index in [1.54, 1.807) is 104 Å². The highest BCUT2D eigenvalue weighted by Gasteiger charge is 2.68. The van der Waals surface area contributed by atoms with Crippen LogP contribution in [0.1, 0.15) is 52.2 Å². The fourth-order valence-corrected chi connectivity index (χ4v) is 7.30. The molecule has 0 heterocycles. The van der Waals surface area contributed by atoms with E-state index in [0.717, 1.165) is 0 Å². The van der Waals surface area contributed by atoms with Gasteiger partial charge in [0.05, 0.1) is 18.6 Å². The molecule has 1 aliphatic rings. The summed E-state index contributed by atoms with van der Waals surface area (Å²) in [5.74, 6) is -5.07. The number of nitriles is 1. The zero-order chi connectivity index (χ0) is 31.6. The van der Waals surface area contributed by atoms with Gasteiger partial charge in [-0.25, -0.2) is 0 Å². The topological polar surface area (TPSA) is 87.4 Å². The van der Waals surface area contributed by atoms with Crippen molar-refractivity contribution in [3.05, 3.63) is 139 Å². The van der Waals surface area contributed by atoms with Gasteiger partial charge >= 0.3 is 5.97 Å². The Balaban J connectivity index is 1.93. The SMILES string of the molecule is CCOC(=O)C1(C#N)C(c2ccccc2Cl)CC(O)(c2ccc(Cl)cc2)C(C(=O)c2ccc(Cl)cc2)C1c1ccccc1Cl. The van der Waals surface area contributed by atoms with Crippen LogP contribution in [0.15, 0.2) is 97.1 Å². The summed E-state index contributed by atoms with van der Waals surface area (Å²) in [6.07, 6.45) is -0.226. The summed E-state index contributed by atoms with van der Waals surface area (Å²) in [6.45, 7) is 1.62. The predicted molar refractivity (Wildman–Crippen MR) is 172 cm³/mol. The van der Waals surface area contributed by atoms with E-state index in [-0.39, 0.29) is 23.6 Å². The van der Waals surface area contributed by atoms with Crippen LogP contribution < -0.4 is 0 Å². The van der Waals surface area contributed by atoms with Gasteiger partial charge in [0.25, 0.3) is 0 Å². The third kappa shape index (κ3) is 5.51. The number of halogens is 4. The fourth-order valence-electron chi connectivity index (χ4n) is 6.53. The molecule has 9 heteroatoms. The number of ketones is 1. The van der Waals surface area contributed by atoms with Crippen LogP contribution in [0.3, 0.4) is 0 Å². The molecule has 1 fully saturated rings. The van der Waals surface area contributed by atoms with Gasteiger partial charge in [-0.1, -0.05) is 94.9 Å². The highest BCUT2D eigenvalue weighted by molar-refractivity contribution is 6.32. The number of ether oxygens (including phenoxy) is 1. The Hall–Kier alpha value is -3.37. The zero-order valence-corrected chi connectivity index (χ0v) is 26.5. The number of carbonyl (C=O) groups is 2. The van der Waals surface area contributed by atoms with Crippen molar-refractivity contribution in [2.75, 3.05) is 6.61 Å². The number of hydrogen-bond acceptors (Lipinski definition) is 5. The molecule has 1 saturated carbocycles. The molecule has 4 aromatic carbocycles. The van der Waals surface area contributed by atoms with Crippen LogP contribution in [0.2, 0.25) is 20.1 Å². The molecule has 0 spiro atoms. The molecule has 44 heavy (non-hydrogen) atoms. The summed E-state index contributed by atoms with van der Waals surface area (Å²) in [5.41, 5.74) is -2.60. The van der Waals surface area contributed by atoms with E-state index >= 15 is 0 Å². The highest BCUT2D eigenvalue weighted by atomic mass is 35.5. The fraction of sp³-hybridized carbons (Fsp3) is 0.229. The van der Waals surface area contributed by atoms with Crippen LogP contribution in [-0.2, 0) is 15.1 Å². The smallest absolute Gasteiger partial charge is 0.327 e. The lowest BCUT2D eigenvalue weighted by atomic mass is 9.47. The summed E-state index contributed by atoms with van der Waals surface area (Å²) in [4.78, 5) is 29.1. The number of nitrogens with zero attached hydrogens (tertiary/aromatic N) is 1. The maximum absolute atomic E-state index is 14.8. The Morgan fingerprint density at radius 2 is 1.36 bits per heavy atom. The van der Waals surface area contributed by atoms with Gasteiger partial charge in [0.1, 0.15) is 5.60 Å². The molecule has 0 aromatic heterocycles. The number of hydrogen-bond donors (Lipinski definition) is 1. The number of Topliss-reactive ketones (excluding diaryl/α,β-unsaturated/α-hetero) is 1. The average Bonchev–Trinajstić information content (AvgIpc) is 3.01. The first-order valence-electron chi connectivity index (χ1n) is 13.9. The summed E-state index contributed by atoms with van der Waals surface area (Å²) in [6, 6.07) is 28.6. The lowest BCUT2D eigenvalue weighted by molar-refractivity contribution is -0.164. The van der Waals surface area contributed by atoms with E-state index in [1.807, 2.05) is 0 Å². The molecule has 0 radical (unpaired) electrons. The minimum Gasteiger partial charge on any atom is -0.465 e. The normalized spacial score (nSPS) is 24.7. The van der Waals surface area contributed by atoms with E-state index < -0.39 is 40.5 Å². The Labute approximate surface area is 275 Å². The highest BCUT2D eigenvalue weighted by Crippen LogP contribution is 2.65. The lowest BCUT2D eigenvalue weighted by Gasteiger charge is -2.54. The van der Waals surface area contributed by atoms with Crippen LogP contribution in [0.5, 0.6) is 0 Å². The summed E-state index contributed by atoms with van der Waals surface area (Å²) in [5, 5.41) is 25.6. The number of aliphatic hydroxyl groups is 1. The molecule has 1 N–H and O–H groups in total. The maximum atomic E-state index is 14.8. The van der Waals surface area contributed by atoms with Gasteiger partial charge in [-0.15, -0.1) is 0 Å². The third-order valence-corrected chi connectivity index (χ3v) is 9.67. The van der Waals surface area contributed by atoms with Gasteiger partial charge in [0.15, 0.2) is 11.2 Å². The van der Waals surface area contributed by atoms with Crippen molar-refractivity contribution in [1.29, 1.82) is 5.26 Å². The van der Waals surface area contributed by atoms with Gasteiger partial charge in [-0.2, -0.15) is 5.26 Å². The lowest BCUT2D eigenvalue weighted by Crippen LogP contribution is -2.59. The van der Waals surface area contributed by atoms with Crippen molar-refractivity contribution >= 4 is 58.2 Å². The first-order valence-corrected chi connectivity index (χ1v) is 15.4. The van der Waals surface area contributed by atoms with Crippen molar-refractivity contribution in [3.63, 3.8) is 0 Å². The van der Waals surface area contributed by atoms with Crippen LogP contribution in [-0.4, -0.2) is 23.5 Å². The van der Waals surface area contributed by atoms with Crippen molar-refractivity contribution in [2.45, 2.75) is 30.8 Å². The molecular weight excluding hydrogens is 640 g/mol. The Morgan fingerprint density at radius 3 is 1.89 bits per heavy atom. The van der Waals surface area contributed by atoms with Gasteiger partial charge in [-0.3, -0.25) is 9.59 Å². The van der Waals surface area contributed by atoms with Crippen LogP contribution in [0.4, 0.5) is 0 Å². The van der Waals surface area contributed by atoms with E-state index in [9.17, 15) is 20.0 Å².